The van der Waals surface area contributed by atoms with Gasteiger partial charge in [-0.3, -0.25) is 10.1 Å². The molecule has 0 aliphatic carbocycles. The van der Waals surface area contributed by atoms with E-state index in [2.05, 4.69) is 67.6 Å². The van der Waals surface area contributed by atoms with Crippen LogP contribution in [-0.2, 0) is 13.1 Å². The van der Waals surface area contributed by atoms with E-state index in [0.717, 1.165) is 37.4 Å². The minimum atomic E-state index is -0.239. The zero-order valence-corrected chi connectivity index (χ0v) is 20.0. The van der Waals surface area contributed by atoms with Gasteiger partial charge >= 0.3 is 0 Å². The van der Waals surface area contributed by atoms with Crippen molar-refractivity contribution in [2.45, 2.75) is 13.1 Å². The highest BCUT2D eigenvalue weighted by Gasteiger charge is 2.18. The van der Waals surface area contributed by atoms with Gasteiger partial charge in [-0.1, -0.05) is 36.4 Å². The fourth-order valence-electron chi connectivity index (χ4n) is 4.08. The van der Waals surface area contributed by atoms with Gasteiger partial charge in [-0.15, -0.1) is 0 Å². The number of carbonyl (C=O) groups is 1. The van der Waals surface area contributed by atoms with Crippen molar-refractivity contribution >= 4 is 61.0 Å². The minimum absolute atomic E-state index is 0.239. The molecule has 164 valence electrons. The number of fused-ring (bicyclic) bond motifs is 2. The molecule has 0 unspecified atom stereocenters. The van der Waals surface area contributed by atoms with Crippen LogP contribution >= 0.6 is 28.1 Å². The molecular weight excluding hydrogens is 496 g/mol. The monoisotopic (exact) mass is 516 g/mol. The Kier molecular flexibility index (Phi) is 5.98. The topological polar surface area (TPSA) is 63.9 Å². The smallest absolute Gasteiger partial charge is 0.258 e. The first-order valence-electron chi connectivity index (χ1n) is 10.5. The standard InChI is InChI=1S/C26H21BrN4OS/c27-22-8-2-1-7-21(22)25(32)30-26(33)31(15-17-5-3-9-23-19(17)11-13-28-23)16-18-6-4-10-24-20(18)12-14-29-24/h1-14,28-29H,15-16H2,(H,30,32,33). The zero-order chi connectivity index (χ0) is 22.8. The summed E-state index contributed by atoms with van der Waals surface area (Å²) in [5.74, 6) is -0.239. The summed E-state index contributed by atoms with van der Waals surface area (Å²) in [4.78, 5) is 21.5. The van der Waals surface area contributed by atoms with E-state index < -0.39 is 0 Å². The lowest BCUT2D eigenvalue weighted by molar-refractivity contribution is 0.0972. The Bertz CT molecular complexity index is 1400. The predicted octanol–water partition coefficient (Wildman–Crippen LogP) is 6.13. The molecule has 5 nitrogen and oxygen atoms in total. The van der Waals surface area contributed by atoms with Crippen molar-refractivity contribution in [3.8, 4) is 0 Å². The Balaban J connectivity index is 1.47. The number of amides is 1. The normalized spacial score (nSPS) is 11.1. The average molecular weight is 517 g/mol. The van der Waals surface area contributed by atoms with Crippen LogP contribution in [0.3, 0.4) is 0 Å². The zero-order valence-electron chi connectivity index (χ0n) is 17.6. The molecular formula is C26H21BrN4OS. The van der Waals surface area contributed by atoms with Gasteiger partial charge in [-0.25, -0.2) is 0 Å². The molecule has 0 spiro atoms. The van der Waals surface area contributed by atoms with E-state index in [1.165, 1.54) is 0 Å². The van der Waals surface area contributed by atoms with Crippen molar-refractivity contribution in [2.24, 2.45) is 0 Å². The number of thiocarbonyl (C=S) groups is 1. The lowest BCUT2D eigenvalue weighted by Crippen LogP contribution is -2.42. The number of benzene rings is 3. The highest BCUT2D eigenvalue weighted by atomic mass is 79.9. The Labute approximate surface area is 204 Å². The molecule has 0 radical (unpaired) electrons. The number of carbonyl (C=O) groups excluding carboxylic acids is 1. The van der Waals surface area contributed by atoms with Crippen molar-refractivity contribution in [2.75, 3.05) is 0 Å². The maximum Gasteiger partial charge on any atom is 0.258 e. The molecule has 0 saturated carbocycles. The van der Waals surface area contributed by atoms with Crippen LogP contribution < -0.4 is 5.32 Å². The van der Waals surface area contributed by atoms with Gasteiger partial charge in [0.2, 0.25) is 0 Å². The molecule has 3 N–H and O–H groups in total. The van der Waals surface area contributed by atoms with Crippen molar-refractivity contribution in [1.82, 2.24) is 20.2 Å². The summed E-state index contributed by atoms with van der Waals surface area (Å²) in [5, 5.41) is 5.60. The number of aromatic amines is 2. The highest BCUT2D eigenvalue weighted by Crippen LogP contribution is 2.23. The Morgan fingerprint density at radius 2 is 1.39 bits per heavy atom. The third-order valence-electron chi connectivity index (χ3n) is 5.72. The van der Waals surface area contributed by atoms with Gasteiger partial charge in [-0.05, 0) is 75.7 Å². The molecule has 0 fully saturated rings. The summed E-state index contributed by atoms with van der Waals surface area (Å²) < 4.78 is 0.728. The summed E-state index contributed by atoms with van der Waals surface area (Å²) >= 11 is 9.21. The maximum absolute atomic E-state index is 13.0. The van der Waals surface area contributed by atoms with Crippen LogP contribution in [0.4, 0.5) is 0 Å². The first-order valence-corrected chi connectivity index (χ1v) is 11.7. The first kappa shape index (κ1) is 21.4. The number of halogens is 1. The number of hydrogen-bond acceptors (Lipinski definition) is 2. The van der Waals surface area contributed by atoms with Crippen LogP contribution in [0.1, 0.15) is 21.5 Å². The van der Waals surface area contributed by atoms with E-state index in [1.54, 1.807) is 6.07 Å². The van der Waals surface area contributed by atoms with E-state index in [1.807, 2.05) is 47.6 Å². The lowest BCUT2D eigenvalue weighted by Gasteiger charge is -2.26. The quantitative estimate of drug-likeness (QED) is 0.246. The molecule has 33 heavy (non-hydrogen) atoms. The molecule has 0 saturated heterocycles. The molecule has 1 amide bonds. The van der Waals surface area contributed by atoms with Crippen LogP contribution in [0.15, 0.2) is 89.7 Å². The van der Waals surface area contributed by atoms with Crippen LogP contribution in [0, 0.1) is 0 Å². The molecule has 5 aromatic rings. The molecule has 2 heterocycles. The highest BCUT2D eigenvalue weighted by molar-refractivity contribution is 9.10. The van der Waals surface area contributed by atoms with Crippen LogP contribution in [0.5, 0.6) is 0 Å². The van der Waals surface area contributed by atoms with Gasteiger partial charge in [-0.2, -0.15) is 0 Å². The third-order valence-corrected chi connectivity index (χ3v) is 6.77. The maximum atomic E-state index is 13.0. The minimum Gasteiger partial charge on any atom is -0.361 e. The second-order valence-corrected chi connectivity index (χ2v) is 9.05. The Hall–Kier alpha value is -3.42. The number of nitrogens with zero attached hydrogens (tertiary/aromatic N) is 1. The number of aromatic nitrogens is 2. The molecule has 0 atom stereocenters. The van der Waals surface area contributed by atoms with Crippen LogP contribution in [0.2, 0.25) is 0 Å². The third kappa shape index (κ3) is 4.42. The second-order valence-electron chi connectivity index (χ2n) is 7.81. The van der Waals surface area contributed by atoms with Crippen molar-refractivity contribution in [3.63, 3.8) is 0 Å². The number of hydrogen-bond donors (Lipinski definition) is 3. The van der Waals surface area contributed by atoms with Crippen molar-refractivity contribution < 1.29 is 4.79 Å². The molecule has 0 aliphatic rings. The van der Waals surface area contributed by atoms with Crippen LogP contribution in [0.25, 0.3) is 21.8 Å². The van der Waals surface area contributed by atoms with Crippen molar-refractivity contribution in [1.29, 1.82) is 0 Å². The van der Waals surface area contributed by atoms with Gasteiger partial charge in [0.05, 0.1) is 5.56 Å². The summed E-state index contributed by atoms with van der Waals surface area (Å²) in [6.45, 7) is 1.12. The number of nitrogens with one attached hydrogen (secondary N) is 3. The Morgan fingerprint density at radius 1 is 0.818 bits per heavy atom. The summed E-state index contributed by atoms with van der Waals surface area (Å²) in [7, 11) is 0. The van der Waals surface area contributed by atoms with Gasteiger partial charge in [0.25, 0.3) is 5.91 Å². The largest absolute Gasteiger partial charge is 0.361 e. The van der Waals surface area contributed by atoms with Gasteiger partial charge in [0.15, 0.2) is 5.11 Å². The van der Waals surface area contributed by atoms with Gasteiger partial charge in [0, 0.05) is 51.8 Å². The molecule has 0 aliphatic heterocycles. The second kappa shape index (κ2) is 9.21. The molecule has 5 rings (SSSR count). The number of H-pyrrole nitrogens is 2. The van der Waals surface area contributed by atoms with Gasteiger partial charge in [0.1, 0.15) is 0 Å². The molecule has 3 aromatic carbocycles. The summed E-state index contributed by atoms with van der Waals surface area (Å²) in [5.41, 5.74) is 4.95. The number of rotatable bonds is 5. The summed E-state index contributed by atoms with van der Waals surface area (Å²) in [6.07, 6.45) is 3.87. The first-order chi connectivity index (χ1) is 16.1. The molecule has 7 heteroatoms. The van der Waals surface area contributed by atoms with E-state index in [0.29, 0.717) is 23.8 Å². The van der Waals surface area contributed by atoms with Crippen molar-refractivity contribution in [3.05, 3.63) is 106 Å². The Morgan fingerprint density at radius 3 is 1.97 bits per heavy atom. The van der Waals surface area contributed by atoms with E-state index >= 15 is 0 Å². The fourth-order valence-corrected chi connectivity index (χ4v) is 4.76. The van der Waals surface area contributed by atoms with E-state index in [9.17, 15) is 4.79 Å². The molecule has 2 aromatic heterocycles. The molecule has 0 bridgehead atoms. The lowest BCUT2D eigenvalue weighted by atomic mass is 10.1. The SMILES string of the molecule is O=C(NC(=S)N(Cc1cccc2[nH]ccc12)Cc1cccc2[nH]ccc12)c1ccccc1Br. The van der Waals surface area contributed by atoms with E-state index in [4.69, 9.17) is 12.2 Å². The fraction of sp³-hybridized carbons (Fsp3) is 0.0769. The van der Waals surface area contributed by atoms with Crippen LogP contribution in [-0.4, -0.2) is 25.9 Å². The van der Waals surface area contributed by atoms with Gasteiger partial charge < -0.3 is 14.9 Å². The summed E-state index contributed by atoms with van der Waals surface area (Å²) in [6, 6.07) is 23.8. The predicted molar refractivity (Wildman–Crippen MR) is 140 cm³/mol. The van der Waals surface area contributed by atoms with E-state index in [-0.39, 0.29) is 5.91 Å². The average Bonchev–Trinajstić information content (AvgIpc) is 3.49.